The Kier molecular flexibility index (Phi) is 6.16. The van der Waals surface area contributed by atoms with Crippen molar-refractivity contribution in [1.82, 2.24) is 19.8 Å². The van der Waals surface area contributed by atoms with E-state index in [9.17, 15) is 13.8 Å². The van der Waals surface area contributed by atoms with Crippen LogP contribution >= 0.6 is 0 Å². The molecule has 10 nitrogen and oxygen atoms in total. The van der Waals surface area contributed by atoms with Crippen LogP contribution in [0.15, 0.2) is 36.8 Å². The number of nitrogens with one attached hydrogen (secondary N) is 1. The van der Waals surface area contributed by atoms with Crippen molar-refractivity contribution in [2.75, 3.05) is 38.0 Å². The zero-order valence-electron chi connectivity index (χ0n) is 15.1. The van der Waals surface area contributed by atoms with Crippen molar-refractivity contribution < 1.29 is 23.1 Å². The summed E-state index contributed by atoms with van der Waals surface area (Å²) in [5, 5.41) is 0. The second-order valence-corrected chi connectivity index (χ2v) is 6.64. The number of methoxy groups -OCH3 is 1. The first-order valence-corrected chi connectivity index (χ1v) is 9.50. The molecule has 0 bridgehead atoms. The quantitative estimate of drug-likeness (QED) is 0.699. The number of hydrogen-bond acceptors (Lipinski definition) is 6. The first kappa shape index (κ1) is 19.7. The molecule has 0 aliphatic carbocycles. The number of rotatable bonds is 5. The van der Waals surface area contributed by atoms with Crippen LogP contribution in [0.4, 0.5) is 5.69 Å². The second-order valence-electron chi connectivity index (χ2n) is 5.94. The molecule has 1 aromatic heterocycles. The summed E-state index contributed by atoms with van der Waals surface area (Å²) in [5.74, 6) is -0.163. The van der Waals surface area contributed by atoms with Crippen LogP contribution in [0.25, 0.3) is 0 Å². The minimum atomic E-state index is -2.22. The van der Waals surface area contributed by atoms with Crippen LogP contribution in [0.5, 0.6) is 5.75 Å². The highest BCUT2D eigenvalue weighted by atomic mass is 32.2. The van der Waals surface area contributed by atoms with Crippen LogP contribution in [-0.4, -0.2) is 73.6 Å². The molecule has 1 saturated heterocycles. The third-order valence-corrected chi connectivity index (χ3v) is 4.68. The molecule has 2 amide bonds. The molecule has 1 aliphatic rings. The van der Waals surface area contributed by atoms with E-state index in [2.05, 4.69) is 14.7 Å². The van der Waals surface area contributed by atoms with Gasteiger partial charge < -0.3 is 14.5 Å². The molecule has 28 heavy (non-hydrogen) atoms. The number of ether oxygens (including phenoxy) is 1. The largest absolute Gasteiger partial charge is 0.496 e. The fourth-order valence-corrected chi connectivity index (χ4v) is 3.22. The van der Waals surface area contributed by atoms with Crippen molar-refractivity contribution >= 4 is 28.8 Å². The summed E-state index contributed by atoms with van der Waals surface area (Å²) in [7, 11) is 1.42. The topological polar surface area (TPSA) is 125 Å². The normalized spacial score (nSPS) is 15.1. The highest BCUT2D eigenvalue weighted by Gasteiger charge is 2.27. The first-order chi connectivity index (χ1) is 13.5. The molecule has 11 heteroatoms. The van der Waals surface area contributed by atoms with E-state index < -0.39 is 11.3 Å². The maximum atomic E-state index is 12.8. The summed E-state index contributed by atoms with van der Waals surface area (Å²) in [5.41, 5.74) is 0.965. The maximum Gasteiger partial charge on any atom is 0.274 e. The zero-order chi connectivity index (χ0) is 20.1. The van der Waals surface area contributed by atoms with E-state index in [4.69, 9.17) is 9.29 Å². The van der Waals surface area contributed by atoms with Gasteiger partial charge in [0.1, 0.15) is 11.4 Å². The van der Waals surface area contributed by atoms with Crippen LogP contribution in [0, 0.1) is 0 Å². The first-order valence-electron chi connectivity index (χ1n) is 8.39. The van der Waals surface area contributed by atoms with E-state index >= 15 is 0 Å². The van der Waals surface area contributed by atoms with E-state index in [1.165, 1.54) is 43.9 Å². The van der Waals surface area contributed by atoms with Crippen LogP contribution in [-0.2, 0) is 11.3 Å². The summed E-state index contributed by atoms with van der Waals surface area (Å²) in [6.45, 7) is 1.50. The van der Waals surface area contributed by atoms with Gasteiger partial charge in [-0.1, -0.05) is 0 Å². The number of nitrogens with zero attached hydrogens (tertiary/aromatic N) is 4. The molecule has 2 heterocycles. The molecule has 0 saturated carbocycles. The van der Waals surface area contributed by atoms with Gasteiger partial charge in [0, 0.05) is 44.6 Å². The van der Waals surface area contributed by atoms with Gasteiger partial charge in [-0.05, 0) is 12.1 Å². The summed E-state index contributed by atoms with van der Waals surface area (Å²) in [4.78, 5) is 36.4. The lowest BCUT2D eigenvalue weighted by Crippen LogP contribution is -2.50. The van der Waals surface area contributed by atoms with Gasteiger partial charge in [0.05, 0.1) is 24.6 Å². The van der Waals surface area contributed by atoms with Gasteiger partial charge in [0.15, 0.2) is 0 Å². The minimum Gasteiger partial charge on any atom is -0.496 e. The molecule has 1 atom stereocenters. The summed E-state index contributed by atoms with van der Waals surface area (Å²) >= 11 is -2.22. The van der Waals surface area contributed by atoms with Crippen LogP contribution in [0.2, 0.25) is 0 Å². The van der Waals surface area contributed by atoms with E-state index in [0.29, 0.717) is 43.2 Å². The van der Waals surface area contributed by atoms with Gasteiger partial charge in [-0.15, -0.1) is 0 Å². The molecule has 1 unspecified atom stereocenters. The smallest absolute Gasteiger partial charge is 0.274 e. The summed E-state index contributed by atoms with van der Waals surface area (Å²) in [6, 6.07) is 4.54. The lowest BCUT2D eigenvalue weighted by Gasteiger charge is -2.34. The third-order valence-electron chi connectivity index (χ3n) is 4.27. The van der Waals surface area contributed by atoms with E-state index in [1.54, 1.807) is 9.80 Å². The van der Waals surface area contributed by atoms with Crippen molar-refractivity contribution in [3.8, 4) is 5.75 Å². The van der Waals surface area contributed by atoms with Crippen molar-refractivity contribution in [2.24, 2.45) is 0 Å². The molecule has 1 aromatic carbocycles. The van der Waals surface area contributed by atoms with Crippen molar-refractivity contribution in [3.05, 3.63) is 48.0 Å². The molecule has 148 valence electrons. The van der Waals surface area contributed by atoms with Gasteiger partial charge in [-0.25, -0.2) is 9.19 Å². The fourth-order valence-electron chi connectivity index (χ4n) is 2.89. The summed E-state index contributed by atoms with van der Waals surface area (Å²) in [6.07, 6.45) is 4.38. The predicted octanol–water partition coefficient (Wildman–Crippen LogP) is 0.632. The van der Waals surface area contributed by atoms with Crippen LogP contribution in [0.3, 0.4) is 0 Å². The highest BCUT2D eigenvalue weighted by Crippen LogP contribution is 2.25. The highest BCUT2D eigenvalue weighted by molar-refractivity contribution is 7.80. The molecule has 0 radical (unpaired) electrons. The lowest BCUT2D eigenvalue weighted by atomic mass is 10.1. The number of carbonyl (C=O) groups is 2. The van der Waals surface area contributed by atoms with Gasteiger partial charge in [-0.3, -0.25) is 23.8 Å². The standard InChI is InChI=1S/C17H19N5O5S/c1-27-15-10-12(20-28(25)26)2-3-13(15)16(23)21-6-8-22(9-7-21)17(24)14-11-18-4-5-19-14/h2-5,10-11,20H,6-9H2,1H3,(H,25,26). The monoisotopic (exact) mass is 405 g/mol. The molecule has 1 fully saturated rings. The molecule has 0 spiro atoms. The number of carbonyl (C=O) groups excluding carboxylic acids is 2. The second kappa shape index (κ2) is 8.76. The Morgan fingerprint density at radius 1 is 1.14 bits per heavy atom. The van der Waals surface area contributed by atoms with E-state index in [0.717, 1.165) is 0 Å². The van der Waals surface area contributed by atoms with Gasteiger partial charge >= 0.3 is 0 Å². The summed E-state index contributed by atoms with van der Waals surface area (Å²) < 4.78 is 27.4. The Morgan fingerprint density at radius 3 is 2.39 bits per heavy atom. The van der Waals surface area contributed by atoms with Gasteiger partial charge in [0.25, 0.3) is 23.1 Å². The number of amides is 2. The van der Waals surface area contributed by atoms with Crippen molar-refractivity contribution in [2.45, 2.75) is 0 Å². The molecule has 2 aromatic rings. The Labute approximate surface area is 163 Å². The Morgan fingerprint density at radius 2 is 1.82 bits per heavy atom. The average molecular weight is 405 g/mol. The van der Waals surface area contributed by atoms with E-state index in [1.807, 2.05) is 0 Å². The van der Waals surface area contributed by atoms with Crippen molar-refractivity contribution in [3.63, 3.8) is 0 Å². The predicted molar refractivity (Wildman–Crippen MR) is 101 cm³/mol. The Balaban J connectivity index is 1.66. The van der Waals surface area contributed by atoms with Gasteiger partial charge in [-0.2, -0.15) is 0 Å². The van der Waals surface area contributed by atoms with Crippen LogP contribution in [0.1, 0.15) is 20.8 Å². The number of hydrogen-bond donors (Lipinski definition) is 2. The third kappa shape index (κ3) is 4.43. The number of benzene rings is 1. The molecular formula is C17H19N5O5S. The Bertz CT molecular complexity index is 887. The minimum absolute atomic E-state index is 0.217. The zero-order valence-corrected chi connectivity index (χ0v) is 15.9. The SMILES string of the molecule is COc1cc(NS(=O)O)ccc1C(=O)N1CCN(C(=O)c2cnccn2)CC1. The maximum absolute atomic E-state index is 12.8. The number of piperazine rings is 1. The Hall–Kier alpha value is -3.05. The number of anilines is 1. The lowest BCUT2D eigenvalue weighted by molar-refractivity contribution is 0.0530. The molecular weight excluding hydrogens is 386 g/mol. The average Bonchev–Trinajstić information content (AvgIpc) is 2.73. The molecule has 1 aliphatic heterocycles. The molecule has 3 rings (SSSR count). The molecule has 2 N–H and O–H groups in total. The fraction of sp³-hybridized carbons (Fsp3) is 0.294. The van der Waals surface area contributed by atoms with Crippen LogP contribution < -0.4 is 9.46 Å². The van der Waals surface area contributed by atoms with Gasteiger partial charge in [0.2, 0.25) is 0 Å². The van der Waals surface area contributed by atoms with Crippen molar-refractivity contribution in [1.29, 1.82) is 0 Å². The number of aromatic nitrogens is 2. The van der Waals surface area contributed by atoms with E-state index in [-0.39, 0.29) is 17.5 Å².